The Morgan fingerprint density at radius 1 is 1.29 bits per heavy atom. The number of hydrogen-bond acceptors (Lipinski definition) is 5. The lowest BCUT2D eigenvalue weighted by molar-refractivity contribution is -0.286. The first kappa shape index (κ1) is 16.7. The summed E-state index contributed by atoms with van der Waals surface area (Å²) in [4.78, 5) is 15.3. The maximum Gasteiger partial charge on any atom is 0.586 e. The van der Waals surface area contributed by atoms with Gasteiger partial charge in [-0.05, 0) is 30.1 Å². The van der Waals surface area contributed by atoms with E-state index in [1.54, 1.807) is 11.3 Å². The topological polar surface area (TPSA) is 50.8 Å². The van der Waals surface area contributed by atoms with Gasteiger partial charge in [0.2, 0.25) is 5.91 Å². The molecule has 0 atom stereocenters. The lowest BCUT2D eigenvalue weighted by Crippen LogP contribution is -2.32. The van der Waals surface area contributed by atoms with Crippen LogP contribution in [0.25, 0.3) is 0 Å². The highest BCUT2D eigenvalue weighted by atomic mass is 32.1. The van der Waals surface area contributed by atoms with E-state index >= 15 is 0 Å². The second-order valence-corrected chi connectivity index (χ2v) is 6.29. The lowest BCUT2D eigenvalue weighted by atomic mass is 10.2. The highest BCUT2D eigenvalue weighted by Gasteiger charge is 2.43. The third-order valence-corrected chi connectivity index (χ3v) is 4.32. The Balaban J connectivity index is 1.59. The Morgan fingerprint density at radius 2 is 2.08 bits per heavy atom. The van der Waals surface area contributed by atoms with Gasteiger partial charge in [-0.1, -0.05) is 13.0 Å². The van der Waals surface area contributed by atoms with Crippen LogP contribution >= 0.6 is 11.3 Å². The number of nitrogens with zero attached hydrogens (tertiary/aromatic N) is 1. The minimum absolute atomic E-state index is 0.0501. The molecule has 2 heterocycles. The number of carbonyl (C=O) groups excluding carboxylic acids is 1. The van der Waals surface area contributed by atoms with Crippen molar-refractivity contribution in [3.63, 3.8) is 0 Å². The monoisotopic (exact) mass is 354 g/mol. The smallest absolute Gasteiger partial charge is 0.395 e. The molecule has 0 radical (unpaired) electrons. The van der Waals surface area contributed by atoms with E-state index < -0.39 is 6.29 Å². The standard InChI is InChI=1S/C16H16F2N2O3S/c1-2-20(9-12-4-3-7-24-12)10-15(21)19-11-5-6-13-14(8-11)23-16(17,18)22-13/h3-8H,2,9-10H2,1H3,(H,19,21). The predicted octanol–water partition coefficient (Wildman–Crippen LogP) is 3.53. The van der Waals surface area contributed by atoms with E-state index in [0.717, 1.165) is 6.54 Å². The molecule has 1 aliphatic heterocycles. The average molecular weight is 354 g/mol. The molecule has 8 heteroatoms. The van der Waals surface area contributed by atoms with Crippen LogP contribution in [0.5, 0.6) is 11.5 Å². The molecule has 0 spiro atoms. The second kappa shape index (κ2) is 6.74. The van der Waals surface area contributed by atoms with Gasteiger partial charge in [0, 0.05) is 23.2 Å². The van der Waals surface area contributed by atoms with Gasteiger partial charge in [0.1, 0.15) is 0 Å². The highest BCUT2D eigenvalue weighted by molar-refractivity contribution is 7.09. The summed E-state index contributed by atoms with van der Waals surface area (Å²) in [7, 11) is 0. The largest absolute Gasteiger partial charge is 0.586 e. The Bertz CT molecular complexity index is 722. The van der Waals surface area contributed by atoms with E-state index in [0.29, 0.717) is 12.2 Å². The molecule has 0 unspecified atom stereocenters. The van der Waals surface area contributed by atoms with Gasteiger partial charge >= 0.3 is 6.29 Å². The minimum atomic E-state index is -3.66. The van der Waals surface area contributed by atoms with Gasteiger partial charge in [-0.25, -0.2) is 0 Å². The summed E-state index contributed by atoms with van der Waals surface area (Å²) >= 11 is 1.64. The Kier molecular flexibility index (Phi) is 4.68. The van der Waals surface area contributed by atoms with Crippen molar-refractivity contribution in [3.05, 3.63) is 40.6 Å². The van der Waals surface area contributed by atoms with Gasteiger partial charge in [-0.3, -0.25) is 9.69 Å². The van der Waals surface area contributed by atoms with E-state index in [1.165, 1.54) is 23.1 Å². The molecule has 24 heavy (non-hydrogen) atoms. The van der Waals surface area contributed by atoms with Gasteiger partial charge < -0.3 is 14.8 Å². The van der Waals surface area contributed by atoms with Crippen molar-refractivity contribution in [2.75, 3.05) is 18.4 Å². The summed E-state index contributed by atoms with van der Waals surface area (Å²) in [5.74, 6) is -0.367. The van der Waals surface area contributed by atoms with Gasteiger partial charge in [0.05, 0.1) is 6.54 Å². The van der Waals surface area contributed by atoms with Gasteiger partial charge in [-0.2, -0.15) is 0 Å². The van der Waals surface area contributed by atoms with Gasteiger partial charge in [0.25, 0.3) is 0 Å². The summed E-state index contributed by atoms with van der Waals surface area (Å²) in [5, 5.41) is 4.68. The second-order valence-electron chi connectivity index (χ2n) is 5.26. The summed E-state index contributed by atoms with van der Waals surface area (Å²) in [6.45, 7) is 3.59. The van der Waals surface area contributed by atoms with Crippen molar-refractivity contribution in [2.24, 2.45) is 0 Å². The van der Waals surface area contributed by atoms with E-state index in [4.69, 9.17) is 0 Å². The quantitative estimate of drug-likeness (QED) is 0.862. The first-order valence-corrected chi connectivity index (χ1v) is 8.27. The number of likely N-dealkylation sites (N-methyl/N-ethyl adjacent to an activating group) is 1. The van der Waals surface area contributed by atoms with Crippen LogP contribution in [0.2, 0.25) is 0 Å². The Labute approximate surface area is 141 Å². The summed E-state index contributed by atoms with van der Waals surface area (Å²) in [6, 6.07) is 8.15. The molecule has 0 bridgehead atoms. The van der Waals surface area contributed by atoms with Crippen LogP contribution in [-0.2, 0) is 11.3 Å². The fourth-order valence-electron chi connectivity index (χ4n) is 2.33. The van der Waals surface area contributed by atoms with E-state index in [-0.39, 0.29) is 24.0 Å². The normalized spacial score (nSPS) is 14.8. The fourth-order valence-corrected chi connectivity index (χ4v) is 3.08. The predicted molar refractivity (Wildman–Crippen MR) is 86.5 cm³/mol. The van der Waals surface area contributed by atoms with Crippen molar-refractivity contribution in [3.8, 4) is 11.5 Å². The third-order valence-electron chi connectivity index (χ3n) is 3.46. The van der Waals surface area contributed by atoms with Crippen molar-refractivity contribution in [2.45, 2.75) is 19.8 Å². The van der Waals surface area contributed by atoms with Crippen LogP contribution in [0, 0.1) is 0 Å². The number of rotatable bonds is 6. The molecule has 1 aromatic heterocycles. The van der Waals surface area contributed by atoms with Gasteiger partial charge in [-0.15, -0.1) is 20.1 Å². The highest BCUT2D eigenvalue weighted by Crippen LogP contribution is 2.42. The van der Waals surface area contributed by atoms with Gasteiger partial charge in [0.15, 0.2) is 11.5 Å². The van der Waals surface area contributed by atoms with Crippen LogP contribution in [0.4, 0.5) is 14.5 Å². The van der Waals surface area contributed by atoms with E-state index in [9.17, 15) is 13.6 Å². The maximum atomic E-state index is 13.0. The molecule has 0 fully saturated rings. The lowest BCUT2D eigenvalue weighted by Gasteiger charge is -2.19. The number of anilines is 1. The Hall–Kier alpha value is -2.19. The van der Waals surface area contributed by atoms with Crippen molar-refractivity contribution < 1.29 is 23.0 Å². The molecule has 128 valence electrons. The molecule has 1 aliphatic rings. The number of fused-ring (bicyclic) bond motifs is 1. The molecule has 0 saturated heterocycles. The molecule has 0 aliphatic carbocycles. The van der Waals surface area contributed by atoms with Crippen LogP contribution < -0.4 is 14.8 Å². The number of benzene rings is 1. The molecule has 1 aromatic carbocycles. The zero-order valence-electron chi connectivity index (χ0n) is 12.9. The number of nitrogens with one attached hydrogen (secondary N) is 1. The first-order chi connectivity index (χ1) is 11.4. The number of thiophene rings is 1. The minimum Gasteiger partial charge on any atom is -0.395 e. The van der Waals surface area contributed by atoms with Crippen LogP contribution in [0.15, 0.2) is 35.7 Å². The third kappa shape index (κ3) is 4.01. The molecule has 0 saturated carbocycles. The molecule has 3 rings (SSSR count). The number of amides is 1. The molecular formula is C16H16F2N2O3S. The summed E-state index contributed by atoms with van der Waals surface area (Å²) in [5.41, 5.74) is 0.382. The zero-order chi connectivity index (χ0) is 17.2. The first-order valence-electron chi connectivity index (χ1n) is 7.39. The number of halogens is 2. The Morgan fingerprint density at radius 3 is 2.79 bits per heavy atom. The van der Waals surface area contributed by atoms with Crippen LogP contribution in [0.3, 0.4) is 0 Å². The SMILES string of the molecule is CCN(CC(=O)Nc1ccc2c(c1)OC(F)(F)O2)Cc1cccs1. The maximum absolute atomic E-state index is 13.0. The summed E-state index contributed by atoms with van der Waals surface area (Å²) in [6.07, 6.45) is -3.66. The van der Waals surface area contributed by atoms with E-state index in [2.05, 4.69) is 14.8 Å². The molecule has 1 N–H and O–H groups in total. The van der Waals surface area contributed by atoms with Crippen molar-refractivity contribution in [1.29, 1.82) is 0 Å². The molecule has 1 amide bonds. The fraction of sp³-hybridized carbons (Fsp3) is 0.312. The molecule has 2 aromatic rings. The number of carbonyl (C=O) groups is 1. The number of hydrogen-bond donors (Lipinski definition) is 1. The van der Waals surface area contributed by atoms with Crippen LogP contribution in [-0.4, -0.2) is 30.2 Å². The van der Waals surface area contributed by atoms with Crippen molar-refractivity contribution in [1.82, 2.24) is 4.90 Å². The van der Waals surface area contributed by atoms with Crippen molar-refractivity contribution >= 4 is 22.9 Å². The van der Waals surface area contributed by atoms with E-state index in [1.807, 2.05) is 29.3 Å². The average Bonchev–Trinajstić information content (AvgIpc) is 3.11. The number of ether oxygens (including phenoxy) is 2. The zero-order valence-corrected chi connectivity index (χ0v) is 13.7. The van der Waals surface area contributed by atoms with Crippen LogP contribution in [0.1, 0.15) is 11.8 Å². The number of alkyl halides is 2. The molecular weight excluding hydrogens is 338 g/mol. The summed E-state index contributed by atoms with van der Waals surface area (Å²) < 4.78 is 34.7. The molecule has 5 nitrogen and oxygen atoms in total.